The first-order chi connectivity index (χ1) is 17.6. The number of rotatable bonds is 6. The molecule has 0 saturated heterocycles. The highest BCUT2D eigenvalue weighted by Gasteiger charge is 2.31. The number of amides is 2. The summed E-state index contributed by atoms with van der Waals surface area (Å²) in [6, 6.07) is 8.50. The molecular weight excluding hydrogens is 493 g/mol. The number of ether oxygens (including phenoxy) is 2. The van der Waals surface area contributed by atoms with E-state index in [1.54, 1.807) is 31.2 Å². The van der Waals surface area contributed by atoms with Crippen LogP contribution in [0.25, 0.3) is 16.6 Å². The Morgan fingerprint density at radius 1 is 1.08 bits per heavy atom. The number of urea groups is 1. The number of benzene rings is 2. The van der Waals surface area contributed by atoms with Gasteiger partial charge in [0.25, 0.3) is 0 Å². The number of carbonyl (C=O) groups excluding carboxylic acids is 2. The predicted octanol–water partition coefficient (Wildman–Crippen LogP) is 4.83. The summed E-state index contributed by atoms with van der Waals surface area (Å²) in [4.78, 5) is 29.0. The van der Waals surface area contributed by atoms with Crippen LogP contribution in [0.2, 0.25) is 0 Å². The van der Waals surface area contributed by atoms with Gasteiger partial charge in [0.1, 0.15) is 17.6 Å². The number of esters is 1. The fraction of sp³-hybridized carbons (Fsp3) is 0.167. The Hall–Kier alpha value is -4.81. The number of methoxy groups -OCH3 is 1. The zero-order chi connectivity index (χ0) is 26.7. The Kier molecular flexibility index (Phi) is 6.87. The normalized spacial score (nSPS) is 11.3. The minimum Gasteiger partial charge on any atom is -0.497 e. The number of hydrogen-bond acceptors (Lipinski definition) is 7. The largest absolute Gasteiger partial charge is 0.497 e. The highest BCUT2D eigenvalue weighted by atomic mass is 19.4. The Bertz CT molecular complexity index is 1470. The van der Waals surface area contributed by atoms with Crippen LogP contribution in [0.4, 0.5) is 35.2 Å². The van der Waals surface area contributed by atoms with Gasteiger partial charge < -0.3 is 25.8 Å². The van der Waals surface area contributed by atoms with E-state index in [0.29, 0.717) is 22.3 Å². The number of fused-ring (bicyclic) bond motifs is 1. The predicted molar refractivity (Wildman–Crippen MR) is 129 cm³/mol. The molecule has 4 aromatic rings. The molecule has 0 spiro atoms. The molecule has 0 aliphatic carbocycles. The van der Waals surface area contributed by atoms with Crippen molar-refractivity contribution in [2.24, 2.45) is 0 Å². The van der Waals surface area contributed by atoms with Crippen molar-refractivity contribution in [2.75, 3.05) is 30.1 Å². The van der Waals surface area contributed by atoms with Crippen molar-refractivity contribution >= 4 is 34.7 Å². The molecule has 2 aromatic carbocycles. The maximum atomic E-state index is 13.1. The second kappa shape index (κ2) is 10.0. The number of carbonyl (C=O) groups is 2. The van der Waals surface area contributed by atoms with Crippen molar-refractivity contribution in [1.29, 1.82) is 0 Å². The van der Waals surface area contributed by atoms with Crippen LogP contribution in [-0.4, -0.2) is 40.3 Å². The van der Waals surface area contributed by atoms with Gasteiger partial charge in [0.15, 0.2) is 5.82 Å². The number of nitrogen functional groups attached to an aromatic ring is 1. The summed E-state index contributed by atoms with van der Waals surface area (Å²) < 4.78 is 50.9. The van der Waals surface area contributed by atoms with Gasteiger partial charge in [0.05, 0.1) is 24.8 Å². The maximum absolute atomic E-state index is 13.1. The highest BCUT2D eigenvalue weighted by molar-refractivity contribution is 6.05. The number of nitrogens with two attached hydrogens (primary N) is 1. The molecule has 0 atom stereocenters. The summed E-state index contributed by atoms with van der Waals surface area (Å²) in [6.07, 6.45) is -1.87. The Balaban J connectivity index is 1.58. The molecule has 2 heterocycles. The molecule has 0 saturated carbocycles. The lowest BCUT2D eigenvalue weighted by Crippen LogP contribution is -2.20. The molecule has 0 unspecified atom stereocenters. The van der Waals surface area contributed by atoms with Gasteiger partial charge in [-0.1, -0.05) is 12.1 Å². The molecule has 2 amide bonds. The number of nitrogens with one attached hydrogen (secondary N) is 2. The summed E-state index contributed by atoms with van der Waals surface area (Å²) in [5, 5.41) is 9.00. The van der Waals surface area contributed by atoms with Crippen LogP contribution in [0.1, 0.15) is 22.8 Å². The average Bonchev–Trinajstić information content (AvgIpc) is 3.25. The summed E-state index contributed by atoms with van der Waals surface area (Å²) in [7, 11) is 1.22. The molecule has 13 heteroatoms. The van der Waals surface area contributed by atoms with Crippen molar-refractivity contribution < 1.29 is 32.2 Å². The first kappa shape index (κ1) is 25.3. The second-order valence-electron chi connectivity index (χ2n) is 7.68. The first-order valence-electron chi connectivity index (χ1n) is 10.8. The molecule has 0 aliphatic rings. The molecule has 4 N–H and O–H groups in total. The molecule has 10 nitrogen and oxygen atoms in total. The summed E-state index contributed by atoms with van der Waals surface area (Å²) >= 11 is 0. The van der Waals surface area contributed by atoms with Gasteiger partial charge in [-0.05, 0) is 36.8 Å². The SMILES string of the molecule is CCOC(=O)c1cn2ncnc(N)c2c1-c1ccc(NC(=O)Nc2cc(OC)cc(C(F)(F)F)c2)cc1. The third kappa shape index (κ3) is 5.39. The van der Waals surface area contributed by atoms with E-state index in [2.05, 4.69) is 20.7 Å². The van der Waals surface area contributed by atoms with E-state index in [0.717, 1.165) is 12.1 Å². The monoisotopic (exact) mass is 514 g/mol. The van der Waals surface area contributed by atoms with E-state index >= 15 is 0 Å². The van der Waals surface area contributed by atoms with Crippen molar-refractivity contribution in [3.05, 3.63) is 66.1 Å². The molecule has 4 rings (SSSR count). The lowest BCUT2D eigenvalue weighted by molar-refractivity contribution is -0.137. The first-order valence-corrected chi connectivity index (χ1v) is 10.8. The van der Waals surface area contributed by atoms with Crippen LogP contribution in [0.5, 0.6) is 5.75 Å². The third-order valence-corrected chi connectivity index (χ3v) is 5.26. The van der Waals surface area contributed by atoms with Gasteiger partial charge >= 0.3 is 18.2 Å². The highest BCUT2D eigenvalue weighted by Crippen LogP contribution is 2.35. The Morgan fingerprint density at radius 2 is 1.78 bits per heavy atom. The van der Waals surface area contributed by atoms with Gasteiger partial charge in [0, 0.05) is 29.2 Å². The second-order valence-corrected chi connectivity index (χ2v) is 7.68. The number of aromatic nitrogens is 3. The van der Waals surface area contributed by atoms with Crippen LogP contribution in [0.15, 0.2) is 55.0 Å². The fourth-order valence-electron chi connectivity index (χ4n) is 3.66. The van der Waals surface area contributed by atoms with Crippen LogP contribution in [0.3, 0.4) is 0 Å². The lowest BCUT2D eigenvalue weighted by atomic mass is 10.0. The minimum absolute atomic E-state index is 0.0603. The van der Waals surface area contributed by atoms with Gasteiger partial charge in [-0.15, -0.1) is 0 Å². The van der Waals surface area contributed by atoms with E-state index in [1.807, 2.05) is 0 Å². The van der Waals surface area contributed by atoms with Crippen LogP contribution < -0.4 is 21.1 Å². The quantitative estimate of drug-likeness (QED) is 0.314. The van der Waals surface area contributed by atoms with Gasteiger partial charge in [-0.3, -0.25) is 0 Å². The van der Waals surface area contributed by atoms with Gasteiger partial charge in [-0.25, -0.2) is 19.1 Å². The third-order valence-electron chi connectivity index (χ3n) is 5.26. The van der Waals surface area contributed by atoms with Crippen molar-refractivity contribution in [3.63, 3.8) is 0 Å². The fourth-order valence-corrected chi connectivity index (χ4v) is 3.66. The van der Waals surface area contributed by atoms with E-state index < -0.39 is 23.7 Å². The smallest absolute Gasteiger partial charge is 0.416 e. The standard InChI is InChI=1S/C24H21F3N6O4/c1-3-37-22(34)18-11-33-20(21(28)29-12-30-33)19(18)13-4-6-15(7-5-13)31-23(35)32-16-8-14(24(25,26)27)9-17(10-16)36-2/h4-12H,3H2,1-2H3,(H2,28,29,30)(H2,31,32,35). The van der Waals surface area contributed by atoms with E-state index in [9.17, 15) is 22.8 Å². The number of anilines is 3. The zero-order valence-electron chi connectivity index (χ0n) is 19.6. The van der Waals surface area contributed by atoms with Crippen LogP contribution >= 0.6 is 0 Å². The number of halogens is 3. The van der Waals surface area contributed by atoms with E-state index in [-0.39, 0.29) is 29.4 Å². The average molecular weight is 514 g/mol. The van der Waals surface area contributed by atoms with Crippen molar-refractivity contribution in [3.8, 4) is 16.9 Å². The molecule has 0 aliphatic heterocycles. The minimum atomic E-state index is -4.61. The van der Waals surface area contributed by atoms with Crippen molar-refractivity contribution in [1.82, 2.24) is 14.6 Å². The van der Waals surface area contributed by atoms with E-state index in [1.165, 1.54) is 30.2 Å². The number of nitrogens with zero attached hydrogens (tertiary/aromatic N) is 3. The number of hydrogen-bond donors (Lipinski definition) is 3. The molecule has 2 aromatic heterocycles. The van der Waals surface area contributed by atoms with E-state index in [4.69, 9.17) is 15.2 Å². The Morgan fingerprint density at radius 3 is 2.43 bits per heavy atom. The van der Waals surface area contributed by atoms with Gasteiger partial charge in [0.2, 0.25) is 0 Å². The van der Waals surface area contributed by atoms with Gasteiger partial charge in [-0.2, -0.15) is 18.3 Å². The molecule has 37 heavy (non-hydrogen) atoms. The van der Waals surface area contributed by atoms with Crippen LogP contribution in [-0.2, 0) is 10.9 Å². The number of alkyl halides is 3. The summed E-state index contributed by atoms with van der Waals surface area (Å²) in [5.41, 5.74) is 6.96. The molecule has 0 fully saturated rings. The summed E-state index contributed by atoms with van der Waals surface area (Å²) in [5.74, 6) is -0.478. The zero-order valence-corrected chi connectivity index (χ0v) is 19.6. The topological polar surface area (TPSA) is 133 Å². The lowest BCUT2D eigenvalue weighted by Gasteiger charge is -2.13. The maximum Gasteiger partial charge on any atom is 0.416 e. The molecule has 0 bridgehead atoms. The van der Waals surface area contributed by atoms with Crippen molar-refractivity contribution in [2.45, 2.75) is 13.1 Å². The molecule has 192 valence electrons. The summed E-state index contributed by atoms with van der Waals surface area (Å²) in [6.45, 7) is 1.85. The molecular formula is C24H21F3N6O4. The molecule has 0 radical (unpaired) electrons. The van der Waals surface area contributed by atoms with Crippen LogP contribution in [0, 0.1) is 0 Å². The Labute approximate surface area is 208 Å².